The maximum atomic E-state index is 13.3. The van der Waals surface area contributed by atoms with E-state index in [1.807, 2.05) is 42.5 Å². The van der Waals surface area contributed by atoms with Crippen molar-refractivity contribution in [2.24, 2.45) is 0 Å². The van der Waals surface area contributed by atoms with Crippen LogP contribution in [0.1, 0.15) is 15.9 Å². The monoisotopic (exact) mass is 620 g/mol. The highest BCUT2D eigenvalue weighted by Crippen LogP contribution is 2.24. The third-order valence-corrected chi connectivity index (χ3v) is 8.98. The van der Waals surface area contributed by atoms with Crippen molar-refractivity contribution in [3.05, 3.63) is 92.9 Å². The van der Waals surface area contributed by atoms with Gasteiger partial charge in [-0.2, -0.15) is 0 Å². The highest BCUT2D eigenvalue weighted by molar-refractivity contribution is 9.10. The summed E-state index contributed by atoms with van der Waals surface area (Å²) in [4.78, 5) is 17.5. The summed E-state index contributed by atoms with van der Waals surface area (Å²) in [5.74, 6) is 0.528. The molecule has 3 aromatic carbocycles. The maximum Gasteiger partial charge on any atom is 0.257 e. The molecule has 9 heteroatoms. The van der Waals surface area contributed by atoms with Crippen LogP contribution in [-0.2, 0) is 16.4 Å². The normalized spacial score (nSPS) is 14.6. The Kier molecular flexibility index (Phi) is 8.64. The highest BCUT2D eigenvalue weighted by Gasteiger charge is 2.25. The second kappa shape index (κ2) is 11.7. The zero-order valence-electron chi connectivity index (χ0n) is 19.1. The van der Waals surface area contributed by atoms with E-state index in [1.54, 1.807) is 35.2 Å². The van der Waals surface area contributed by atoms with Crippen LogP contribution in [0.5, 0.6) is 5.75 Å². The molecule has 184 valence electrons. The average Bonchev–Trinajstić information content (AvgIpc) is 2.87. The summed E-state index contributed by atoms with van der Waals surface area (Å²) in [6.45, 7) is 3.12. The van der Waals surface area contributed by atoms with Crippen LogP contribution in [-0.4, -0.2) is 62.6 Å². The van der Waals surface area contributed by atoms with Gasteiger partial charge in [0.1, 0.15) is 12.4 Å². The van der Waals surface area contributed by atoms with Crippen molar-refractivity contribution in [1.29, 1.82) is 0 Å². The number of hydrogen-bond acceptors (Lipinski definition) is 5. The lowest BCUT2D eigenvalue weighted by Crippen LogP contribution is -2.49. The molecular weight excluding hydrogens is 596 g/mol. The van der Waals surface area contributed by atoms with Crippen LogP contribution in [0.2, 0.25) is 0 Å². The Bertz CT molecular complexity index is 1270. The third-order valence-electron chi connectivity index (χ3n) is 5.97. The molecule has 0 spiro atoms. The van der Waals surface area contributed by atoms with Gasteiger partial charge in [0.2, 0.25) is 0 Å². The molecule has 0 aromatic heterocycles. The number of carbonyl (C=O) groups is 1. The zero-order valence-corrected chi connectivity index (χ0v) is 23.1. The van der Waals surface area contributed by atoms with Gasteiger partial charge in [-0.05, 0) is 42.5 Å². The molecule has 35 heavy (non-hydrogen) atoms. The van der Waals surface area contributed by atoms with E-state index < -0.39 is 9.84 Å². The number of nitrogens with zero attached hydrogens (tertiary/aromatic N) is 2. The standard InChI is InChI=1S/C26H26Br2N2O4S/c27-21-9-11-22(12-10-21)35(32,33)18-17-29-13-15-30(16-14-29)26(31)23-6-2-4-8-25(23)34-19-20-5-1-3-7-24(20)28/h1-12H,13-19H2. The molecule has 1 fully saturated rings. The molecule has 0 atom stereocenters. The Hall–Kier alpha value is -2.20. The van der Waals surface area contributed by atoms with Crippen molar-refractivity contribution >= 4 is 47.6 Å². The molecule has 4 rings (SSSR count). The van der Waals surface area contributed by atoms with Crippen molar-refractivity contribution in [3.63, 3.8) is 0 Å². The average molecular weight is 622 g/mol. The van der Waals surface area contributed by atoms with Crippen molar-refractivity contribution < 1.29 is 17.9 Å². The topological polar surface area (TPSA) is 66.9 Å². The Morgan fingerprint density at radius 3 is 2.23 bits per heavy atom. The van der Waals surface area contributed by atoms with Crippen molar-refractivity contribution in [3.8, 4) is 5.75 Å². The largest absolute Gasteiger partial charge is 0.488 e. The number of rotatable bonds is 8. The predicted octanol–water partition coefficient (Wildman–Crippen LogP) is 5.02. The first-order valence-corrected chi connectivity index (χ1v) is 14.5. The molecule has 1 aliphatic heterocycles. The van der Waals surface area contributed by atoms with E-state index in [1.165, 1.54) is 0 Å². The van der Waals surface area contributed by atoms with E-state index in [4.69, 9.17) is 4.74 Å². The fraction of sp³-hybridized carbons (Fsp3) is 0.269. The second-order valence-corrected chi connectivity index (χ2v) is 12.2. The predicted molar refractivity (Wildman–Crippen MR) is 143 cm³/mol. The number of ether oxygens (including phenoxy) is 1. The highest BCUT2D eigenvalue weighted by atomic mass is 79.9. The first-order valence-electron chi connectivity index (χ1n) is 11.3. The molecule has 0 aliphatic carbocycles. The van der Waals surface area contributed by atoms with Crippen LogP contribution in [0.4, 0.5) is 0 Å². The first-order chi connectivity index (χ1) is 16.8. The van der Waals surface area contributed by atoms with Gasteiger partial charge in [-0.3, -0.25) is 9.69 Å². The Balaban J connectivity index is 1.32. The Labute approximate surface area is 223 Å². The van der Waals surface area contributed by atoms with Crippen molar-refractivity contribution in [2.45, 2.75) is 11.5 Å². The van der Waals surface area contributed by atoms with Crippen LogP contribution in [0.15, 0.2) is 86.6 Å². The molecule has 0 N–H and O–H groups in total. The SMILES string of the molecule is O=C(c1ccccc1OCc1ccccc1Br)N1CCN(CCS(=O)(=O)c2ccc(Br)cc2)CC1. The van der Waals surface area contributed by atoms with Crippen LogP contribution < -0.4 is 4.74 Å². The maximum absolute atomic E-state index is 13.3. The molecule has 0 unspecified atom stereocenters. The molecule has 6 nitrogen and oxygen atoms in total. The van der Waals surface area contributed by atoms with E-state index in [9.17, 15) is 13.2 Å². The lowest BCUT2D eigenvalue weighted by atomic mass is 10.1. The van der Waals surface area contributed by atoms with Gasteiger partial charge in [0.05, 0.1) is 16.2 Å². The number of halogens is 2. The number of hydrogen-bond donors (Lipinski definition) is 0. The van der Waals surface area contributed by atoms with Gasteiger partial charge in [-0.1, -0.05) is 62.2 Å². The van der Waals surface area contributed by atoms with Gasteiger partial charge >= 0.3 is 0 Å². The summed E-state index contributed by atoms with van der Waals surface area (Å²) in [7, 11) is -3.35. The minimum atomic E-state index is -3.35. The van der Waals surface area contributed by atoms with Gasteiger partial charge in [0.15, 0.2) is 9.84 Å². The summed E-state index contributed by atoms with van der Waals surface area (Å²) in [6, 6.07) is 21.8. The molecule has 1 heterocycles. The molecule has 3 aromatic rings. The number of benzene rings is 3. The second-order valence-electron chi connectivity index (χ2n) is 8.28. The van der Waals surface area contributed by atoms with Gasteiger partial charge in [0.25, 0.3) is 5.91 Å². The summed E-state index contributed by atoms with van der Waals surface area (Å²) >= 11 is 6.86. The molecular formula is C26H26Br2N2O4S. The summed E-state index contributed by atoms with van der Waals surface area (Å²) in [6.07, 6.45) is 0. The lowest BCUT2D eigenvalue weighted by molar-refractivity contribution is 0.0639. The van der Waals surface area contributed by atoms with Crippen molar-refractivity contribution in [2.75, 3.05) is 38.5 Å². The minimum absolute atomic E-state index is 0.0499. The fourth-order valence-electron chi connectivity index (χ4n) is 3.89. The van der Waals surface area contributed by atoms with Crippen molar-refractivity contribution in [1.82, 2.24) is 9.80 Å². The van der Waals surface area contributed by atoms with E-state index in [2.05, 4.69) is 36.8 Å². The van der Waals surface area contributed by atoms with Crippen LogP contribution in [0.25, 0.3) is 0 Å². The Morgan fingerprint density at radius 2 is 1.51 bits per heavy atom. The number of carbonyl (C=O) groups excluding carboxylic acids is 1. The molecule has 0 saturated carbocycles. The van der Waals surface area contributed by atoms with Gasteiger partial charge in [-0.15, -0.1) is 0 Å². The summed E-state index contributed by atoms with van der Waals surface area (Å²) < 4.78 is 33.1. The van der Waals surface area contributed by atoms with E-state index in [0.717, 1.165) is 14.5 Å². The number of piperazine rings is 1. The van der Waals surface area contributed by atoms with Crippen LogP contribution in [0, 0.1) is 0 Å². The van der Waals surface area contributed by atoms with Crippen LogP contribution >= 0.6 is 31.9 Å². The minimum Gasteiger partial charge on any atom is -0.488 e. The first kappa shape index (κ1) is 25.9. The molecule has 1 amide bonds. The summed E-state index contributed by atoms with van der Waals surface area (Å²) in [5, 5.41) is 0. The zero-order chi connectivity index (χ0) is 24.8. The number of para-hydroxylation sites is 1. The fourth-order valence-corrected chi connectivity index (χ4v) is 5.84. The molecule has 1 saturated heterocycles. The molecule has 0 radical (unpaired) electrons. The third kappa shape index (κ3) is 6.73. The molecule has 1 aliphatic rings. The number of amides is 1. The molecule has 0 bridgehead atoms. The Morgan fingerprint density at radius 1 is 0.857 bits per heavy atom. The quantitative estimate of drug-likeness (QED) is 0.353. The van der Waals surface area contributed by atoms with E-state index in [0.29, 0.717) is 55.5 Å². The van der Waals surface area contributed by atoms with E-state index in [-0.39, 0.29) is 11.7 Å². The van der Waals surface area contributed by atoms with Crippen LogP contribution in [0.3, 0.4) is 0 Å². The summed E-state index contributed by atoms with van der Waals surface area (Å²) in [5.41, 5.74) is 1.53. The van der Waals surface area contributed by atoms with Gasteiger partial charge in [0, 0.05) is 47.2 Å². The number of sulfone groups is 1. The van der Waals surface area contributed by atoms with E-state index >= 15 is 0 Å². The smallest absolute Gasteiger partial charge is 0.257 e. The van der Waals surface area contributed by atoms with Gasteiger partial charge in [-0.25, -0.2) is 8.42 Å². The van der Waals surface area contributed by atoms with Gasteiger partial charge < -0.3 is 9.64 Å². The lowest BCUT2D eigenvalue weighted by Gasteiger charge is -2.35.